The minimum atomic E-state index is 0.777. The Morgan fingerprint density at radius 3 is 2.35 bits per heavy atom. The molecule has 0 saturated carbocycles. The van der Waals surface area contributed by atoms with Gasteiger partial charge in [-0.05, 0) is 48.5 Å². The van der Waals surface area contributed by atoms with Crippen molar-refractivity contribution in [3.63, 3.8) is 0 Å². The fourth-order valence-corrected chi connectivity index (χ4v) is 4.04. The number of likely N-dealkylation sites (tertiary alicyclic amines) is 1. The molecule has 1 atom stereocenters. The molecule has 0 amide bonds. The summed E-state index contributed by atoms with van der Waals surface area (Å²) in [7, 11) is 0.777. The predicted molar refractivity (Wildman–Crippen MR) is 89.8 cm³/mol. The van der Waals surface area contributed by atoms with E-state index >= 15 is 0 Å². The number of rotatable bonds is 5. The van der Waals surface area contributed by atoms with Crippen LogP contribution in [0.15, 0.2) is 54.6 Å². The Labute approximate surface area is 123 Å². The van der Waals surface area contributed by atoms with Crippen molar-refractivity contribution >= 4 is 19.2 Å². The molecule has 0 aliphatic carbocycles. The first-order valence-electron chi connectivity index (χ1n) is 7.54. The lowest BCUT2D eigenvalue weighted by atomic mass is 10.1. The van der Waals surface area contributed by atoms with E-state index in [4.69, 9.17) is 0 Å². The van der Waals surface area contributed by atoms with Crippen LogP contribution in [0.3, 0.4) is 0 Å². The summed E-state index contributed by atoms with van der Waals surface area (Å²) in [6.45, 7) is 3.81. The standard InChI is InChI=1S/C18H22NP/c1-2-9-17(10-3-1)20-18-11-5-4-8-16(18)12-15-19-13-6-7-14-19/h1-5,8-11,20H,6-7,12-15H2. The zero-order chi connectivity index (χ0) is 13.6. The molecule has 20 heavy (non-hydrogen) atoms. The molecule has 3 rings (SSSR count). The van der Waals surface area contributed by atoms with Crippen LogP contribution in [0.25, 0.3) is 0 Å². The molecule has 1 saturated heterocycles. The molecule has 1 unspecified atom stereocenters. The summed E-state index contributed by atoms with van der Waals surface area (Å²) in [5.74, 6) is 0. The van der Waals surface area contributed by atoms with Crippen molar-refractivity contribution in [3.05, 3.63) is 60.2 Å². The Morgan fingerprint density at radius 2 is 1.55 bits per heavy atom. The van der Waals surface area contributed by atoms with Crippen molar-refractivity contribution < 1.29 is 0 Å². The summed E-state index contributed by atoms with van der Waals surface area (Å²) in [4.78, 5) is 2.60. The predicted octanol–water partition coefficient (Wildman–Crippen LogP) is 2.95. The monoisotopic (exact) mass is 283 g/mol. The van der Waals surface area contributed by atoms with Gasteiger partial charge in [0.25, 0.3) is 0 Å². The molecule has 2 aromatic carbocycles. The minimum Gasteiger partial charge on any atom is -0.303 e. The Kier molecular flexibility index (Phi) is 4.84. The van der Waals surface area contributed by atoms with Gasteiger partial charge >= 0.3 is 0 Å². The van der Waals surface area contributed by atoms with Crippen LogP contribution >= 0.6 is 8.58 Å². The quantitative estimate of drug-likeness (QED) is 0.763. The van der Waals surface area contributed by atoms with Crippen LogP contribution in [-0.2, 0) is 6.42 Å². The zero-order valence-electron chi connectivity index (χ0n) is 11.9. The van der Waals surface area contributed by atoms with E-state index in [-0.39, 0.29) is 0 Å². The fraction of sp³-hybridized carbons (Fsp3) is 0.333. The smallest absolute Gasteiger partial charge is 0.00221 e. The summed E-state index contributed by atoms with van der Waals surface area (Å²) >= 11 is 0. The first-order valence-corrected chi connectivity index (χ1v) is 8.54. The third-order valence-corrected chi connectivity index (χ3v) is 5.35. The maximum Gasteiger partial charge on any atom is 0.00221 e. The first kappa shape index (κ1) is 13.8. The van der Waals surface area contributed by atoms with Crippen LogP contribution in [0.4, 0.5) is 0 Å². The van der Waals surface area contributed by atoms with Crippen molar-refractivity contribution in [1.29, 1.82) is 0 Å². The Bertz CT molecular complexity index is 532. The molecule has 1 aliphatic heterocycles. The Balaban J connectivity index is 1.67. The van der Waals surface area contributed by atoms with E-state index in [0.717, 1.165) is 8.58 Å². The third-order valence-electron chi connectivity index (χ3n) is 3.97. The van der Waals surface area contributed by atoms with Crippen molar-refractivity contribution in [3.8, 4) is 0 Å². The van der Waals surface area contributed by atoms with Gasteiger partial charge in [0, 0.05) is 6.54 Å². The van der Waals surface area contributed by atoms with Crippen molar-refractivity contribution in [2.24, 2.45) is 0 Å². The van der Waals surface area contributed by atoms with Gasteiger partial charge in [-0.3, -0.25) is 0 Å². The third kappa shape index (κ3) is 3.69. The molecule has 2 aromatic rings. The second-order valence-corrected chi connectivity index (χ2v) is 6.81. The highest BCUT2D eigenvalue weighted by molar-refractivity contribution is 7.55. The topological polar surface area (TPSA) is 3.24 Å². The summed E-state index contributed by atoms with van der Waals surface area (Å²) in [6.07, 6.45) is 3.96. The fourth-order valence-electron chi connectivity index (χ4n) is 2.82. The molecule has 104 valence electrons. The minimum absolute atomic E-state index is 0.777. The molecular formula is C18H22NP. The highest BCUT2D eigenvalue weighted by Crippen LogP contribution is 2.15. The summed E-state index contributed by atoms with van der Waals surface area (Å²) < 4.78 is 0. The highest BCUT2D eigenvalue weighted by atomic mass is 31.1. The molecule has 1 heterocycles. The lowest BCUT2D eigenvalue weighted by molar-refractivity contribution is 0.344. The van der Waals surface area contributed by atoms with E-state index in [2.05, 4.69) is 59.5 Å². The van der Waals surface area contributed by atoms with Crippen LogP contribution in [-0.4, -0.2) is 24.5 Å². The maximum atomic E-state index is 2.60. The van der Waals surface area contributed by atoms with Crippen LogP contribution < -0.4 is 10.6 Å². The van der Waals surface area contributed by atoms with Gasteiger partial charge < -0.3 is 4.90 Å². The van der Waals surface area contributed by atoms with E-state index < -0.39 is 0 Å². The van der Waals surface area contributed by atoms with Gasteiger partial charge in [0.1, 0.15) is 0 Å². The van der Waals surface area contributed by atoms with Gasteiger partial charge in [-0.25, -0.2) is 0 Å². The van der Waals surface area contributed by atoms with Crippen LogP contribution in [0.2, 0.25) is 0 Å². The van der Waals surface area contributed by atoms with Gasteiger partial charge in [0.2, 0.25) is 0 Å². The Morgan fingerprint density at radius 1 is 0.850 bits per heavy atom. The van der Waals surface area contributed by atoms with E-state index in [9.17, 15) is 0 Å². The number of hydrogen-bond donors (Lipinski definition) is 0. The second kappa shape index (κ2) is 7.02. The van der Waals surface area contributed by atoms with Gasteiger partial charge in [-0.2, -0.15) is 0 Å². The number of benzene rings is 2. The molecule has 0 radical (unpaired) electrons. The zero-order valence-corrected chi connectivity index (χ0v) is 12.9. The van der Waals surface area contributed by atoms with E-state index in [1.54, 1.807) is 0 Å². The Hall–Kier alpha value is -1.17. The van der Waals surface area contributed by atoms with E-state index in [1.165, 1.54) is 55.1 Å². The second-order valence-electron chi connectivity index (χ2n) is 5.45. The van der Waals surface area contributed by atoms with Crippen LogP contribution in [0.1, 0.15) is 18.4 Å². The molecule has 1 aliphatic rings. The maximum absolute atomic E-state index is 2.60. The molecule has 1 fully saturated rings. The largest absolute Gasteiger partial charge is 0.303 e. The molecular weight excluding hydrogens is 261 g/mol. The van der Waals surface area contributed by atoms with Crippen molar-refractivity contribution in [1.82, 2.24) is 4.90 Å². The van der Waals surface area contributed by atoms with Crippen molar-refractivity contribution in [2.45, 2.75) is 19.3 Å². The number of nitrogens with zero attached hydrogens (tertiary/aromatic N) is 1. The SMILES string of the molecule is c1ccc(Pc2ccccc2CCN2CCCC2)cc1. The molecule has 0 bridgehead atoms. The normalized spacial score (nSPS) is 16.2. The molecule has 0 aromatic heterocycles. The van der Waals surface area contributed by atoms with Gasteiger partial charge in [0.05, 0.1) is 0 Å². The molecule has 2 heteroatoms. The van der Waals surface area contributed by atoms with Gasteiger partial charge in [-0.1, -0.05) is 63.2 Å². The van der Waals surface area contributed by atoms with Crippen LogP contribution in [0.5, 0.6) is 0 Å². The van der Waals surface area contributed by atoms with Crippen molar-refractivity contribution in [2.75, 3.05) is 19.6 Å². The first-order chi connectivity index (χ1) is 9.92. The lowest BCUT2D eigenvalue weighted by Gasteiger charge is -2.16. The van der Waals surface area contributed by atoms with Gasteiger partial charge in [0.15, 0.2) is 0 Å². The average Bonchev–Trinajstić information content (AvgIpc) is 3.01. The van der Waals surface area contributed by atoms with Crippen LogP contribution in [0, 0.1) is 0 Å². The van der Waals surface area contributed by atoms with E-state index in [0.29, 0.717) is 0 Å². The number of hydrogen-bond acceptors (Lipinski definition) is 1. The van der Waals surface area contributed by atoms with E-state index in [1.807, 2.05) is 0 Å². The molecule has 0 N–H and O–H groups in total. The summed E-state index contributed by atoms with van der Waals surface area (Å²) in [5.41, 5.74) is 1.53. The van der Waals surface area contributed by atoms with Gasteiger partial charge in [-0.15, -0.1) is 0 Å². The highest BCUT2D eigenvalue weighted by Gasteiger charge is 2.12. The summed E-state index contributed by atoms with van der Waals surface area (Å²) in [6, 6.07) is 19.8. The molecule has 1 nitrogen and oxygen atoms in total. The summed E-state index contributed by atoms with van der Waals surface area (Å²) in [5, 5.41) is 2.94. The average molecular weight is 283 g/mol. The molecule has 0 spiro atoms. The lowest BCUT2D eigenvalue weighted by Crippen LogP contribution is -2.23.